The molecule has 0 bridgehead atoms. The summed E-state index contributed by atoms with van der Waals surface area (Å²) in [5.41, 5.74) is 4.96. The zero-order valence-corrected chi connectivity index (χ0v) is 8.91. The highest BCUT2D eigenvalue weighted by atomic mass is 16.6. The van der Waals surface area contributed by atoms with Gasteiger partial charge in [-0.3, -0.25) is 10.6 Å². The van der Waals surface area contributed by atoms with Crippen LogP contribution < -0.4 is 5.73 Å². The Morgan fingerprint density at radius 1 is 1.57 bits per heavy atom. The van der Waals surface area contributed by atoms with Gasteiger partial charge in [-0.25, -0.2) is 4.79 Å². The van der Waals surface area contributed by atoms with Crippen LogP contribution in [0.5, 0.6) is 0 Å². The maximum Gasteiger partial charge on any atom is 0.413 e. The standard InChI is InChI=1S/C9H18N2O3/c1-8(2,3)14-7(12)11-6-4-5-9(11,10)13/h13H,4-6,10H2,1-3H3/t9-/m0/s1. The first-order valence-corrected chi connectivity index (χ1v) is 4.74. The number of carbonyl (C=O) groups is 1. The summed E-state index contributed by atoms with van der Waals surface area (Å²) in [5.74, 6) is -1.54. The topological polar surface area (TPSA) is 75.8 Å². The van der Waals surface area contributed by atoms with Crippen molar-refractivity contribution in [2.24, 2.45) is 5.73 Å². The summed E-state index contributed by atoms with van der Waals surface area (Å²) in [7, 11) is 0. The van der Waals surface area contributed by atoms with Crippen LogP contribution in [0.15, 0.2) is 0 Å². The highest BCUT2D eigenvalue weighted by molar-refractivity contribution is 5.69. The number of ether oxygens (including phenoxy) is 1. The van der Waals surface area contributed by atoms with Gasteiger partial charge in [0.05, 0.1) is 0 Å². The molecule has 14 heavy (non-hydrogen) atoms. The number of rotatable bonds is 0. The first-order chi connectivity index (χ1) is 6.22. The van der Waals surface area contributed by atoms with E-state index in [-0.39, 0.29) is 0 Å². The van der Waals surface area contributed by atoms with Gasteiger partial charge >= 0.3 is 6.09 Å². The first kappa shape index (κ1) is 11.3. The van der Waals surface area contributed by atoms with E-state index in [1.807, 2.05) is 0 Å². The van der Waals surface area contributed by atoms with E-state index in [4.69, 9.17) is 10.5 Å². The van der Waals surface area contributed by atoms with E-state index in [0.717, 1.165) is 4.90 Å². The van der Waals surface area contributed by atoms with Crippen molar-refractivity contribution in [2.45, 2.75) is 45.1 Å². The van der Waals surface area contributed by atoms with Crippen molar-refractivity contribution in [1.29, 1.82) is 0 Å². The van der Waals surface area contributed by atoms with Gasteiger partial charge in [-0.15, -0.1) is 0 Å². The summed E-state index contributed by atoms with van der Waals surface area (Å²) < 4.78 is 5.10. The third-order valence-corrected chi connectivity index (χ3v) is 2.01. The lowest BCUT2D eigenvalue weighted by atomic mass is 10.2. The molecule has 0 radical (unpaired) electrons. The molecule has 1 aliphatic rings. The van der Waals surface area contributed by atoms with Crippen LogP contribution in [0.2, 0.25) is 0 Å². The summed E-state index contributed by atoms with van der Waals surface area (Å²) in [5, 5.41) is 9.62. The Morgan fingerprint density at radius 3 is 2.50 bits per heavy atom. The van der Waals surface area contributed by atoms with Crippen LogP contribution in [0.4, 0.5) is 4.79 Å². The van der Waals surface area contributed by atoms with Crippen LogP contribution in [0.25, 0.3) is 0 Å². The second-order valence-corrected chi connectivity index (χ2v) is 4.61. The molecule has 1 saturated heterocycles. The largest absolute Gasteiger partial charge is 0.444 e. The first-order valence-electron chi connectivity index (χ1n) is 4.74. The van der Waals surface area contributed by atoms with Crippen molar-refractivity contribution in [3.05, 3.63) is 0 Å². The van der Waals surface area contributed by atoms with Crippen molar-refractivity contribution in [3.63, 3.8) is 0 Å². The third kappa shape index (κ3) is 2.59. The molecular formula is C9H18N2O3. The maximum absolute atomic E-state index is 11.5. The Labute approximate surface area is 83.8 Å². The van der Waals surface area contributed by atoms with Gasteiger partial charge in [-0.1, -0.05) is 0 Å². The van der Waals surface area contributed by atoms with E-state index in [2.05, 4.69) is 0 Å². The van der Waals surface area contributed by atoms with Crippen LogP contribution in [0.1, 0.15) is 33.6 Å². The molecule has 0 aromatic rings. The van der Waals surface area contributed by atoms with Gasteiger partial charge < -0.3 is 9.84 Å². The number of nitrogens with zero attached hydrogens (tertiary/aromatic N) is 1. The SMILES string of the molecule is CC(C)(C)OC(=O)N1CCC[C@@]1(N)O. The quantitative estimate of drug-likeness (QED) is 0.565. The molecule has 0 aliphatic carbocycles. The van der Waals surface area contributed by atoms with Gasteiger partial charge in [-0.05, 0) is 27.2 Å². The van der Waals surface area contributed by atoms with Crippen LogP contribution in [-0.4, -0.2) is 34.1 Å². The van der Waals surface area contributed by atoms with Gasteiger partial charge in [0.1, 0.15) is 5.60 Å². The molecule has 0 aromatic heterocycles. The van der Waals surface area contributed by atoms with Crippen molar-refractivity contribution in [3.8, 4) is 0 Å². The third-order valence-electron chi connectivity index (χ3n) is 2.01. The van der Waals surface area contributed by atoms with Crippen molar-refractivity contribution in [2.75, 3.05) is 6.54 Å². The monoisotopic (exact) mass is 202 g/mol. The molecule has 1 amide bonds. The normalized spacial score (nSPS) is 27.9. The van der Waals surface area contributed by atoms with Crippen LogP contribution >= 0.6 is 0 Å². The van der Waals surface area contributed by atoms with Crippen LogP contribution in [0, 0.1) is 0 Å². The number of nitrogens with two attached hydrogens (primary N) is 1. The fourth-order valence-corrected chi connectivity index (χ4v) is 1.39. The summed E-state index contributed by atoms with van der Waals surface area (Å²) in [6.07, 6.45) is 0.540. The summed E-state index contributed by atoms with van der Waals surface area (Å²) >= 11 is 0. The Balaban J connectivity index is 2.62. The van der Waals surface area contributed by atoms with E-state index in [0.29, 0.717) is 19.4 Å². The van der Waals surface area contributed by atoms with Gasteiger partial charge in [0.15, 0.2) is 5.85 Å². The minimum absolute atomic E-state index is 0.395. The minimum Gasteiger partial charge on any atom is -0.444 e. The smallest absolute Gasteiger partial charge is 0.413 e. The number of likely N-dealkylation sites (tertiary alicyclic amines) is 1. The second-order valence-electron chi connectivity index (χ2n) is 4.61. The van der Waals surface area contributed by atoms with E-state index in [9.17, 15) is 9.90 Å². The zero-order valence-electron chi connectivity index (χ0n) is 8.91. The molecule has 0 aromatic carbocycles. The number of amides is 1. The maximum atomic E-state index is 11.5. The Kier molecular flexibility index (Phi) is 2.74. The molecule has 1 atom stereocenters. The zero-order chi connectivity index (χ0) is 11.0. The molecule has 1 aliphatic heterocycles. The highest BCUT2D eigenvalue weighted by Gasteiger charge is 2.40. The fourth-order valence-electron chi connectivity index (χ4n) is 1.39. The van der Waals surface area contributed by atoms with Gasteiger partial charge in [-0.2, -0.15) is 0 Å². The van der Waals surface area contributed by atoms with E-state index in [1.54, 1.807) is 20.8 Å². The van der Waals surface area contributed by atoms with Crippen molar-refractivity contribution in [1.82, 2.24) is 4.90 Å². The summed E-state index contributed by atoms with van der Waals surface area (Å²) in [6, 6.07) is 0. The molecule has 82 valence electrons. The minimum atomic E-state index is -1.54. The molecule has 1 fully saturated rings. The summed E-state index contributed by atoms with van der Waals surface area (Å²) in [4.78, 5) is 12.7. The second kappa shape index (κ2) is 3.40. The molecule has 0 saturated carbocycles. The lowest BCUT2D eigenvalue weighted by Gasteiger charge is -2.31. The summed E-state index contributed by atoms with van der Waals surface area (Å²) in [6.45, 7) is 5.77. The lowest BCUT2D eigenvalue weighted by Crippen LogP contribution is -2.55. The van der Waals surface area contributed by atoms with Crippen molar-refractivity contribution < 1.29 is 14.6 Å². The molecule has 0 unspecified atom stereocenters. The fraction of sp³-hybridized carbons (Fsp3) is 0.889. The Hall–Kier alpha value is -0.810. The number of aliphatic hydroxyl groups is 1. The van der Waals surface area contributed by atoms with Gasteiger partial charge in [0.2, 0.25) is 0 Å². The van der Waals surface area contributed by atoms with Gasteiger partial charge in [0.25, 0.3) is 0 Å². The molecule has 5 nitrogen and oxygen atoms in total. The predicted molar refractivity (Wildman–Crippen MR) is 51.3 cm³/mol. The molecule has 0 spiro atoms. The molecule has 1 rings (SSSR count). The Bertz CT molecular complexity index is 233. The van der Waals surface area contributed by atoms with Crippen molar-refractivity contribution >= 4 is 6.09 Å². The van der Waals surface area contributed by atoms with E-state index in [1.165, 1.54) is 0 Å². The van der Waals surface area contributed by atoms with Crippen LogP contribution in [-0.2, 0) is 4.74 Å². The number of hydrogen-bond donors (Lipinski definition) is 2. The number of hydrogen-bond acceptors (Lipinski definition) is 4. The molecule has 3 N–H and O–H groups in total. The van der Waals surface area contributed by atoms with Crippen LogP contribution in [0.3, 0.4) is 0 Å². The molecular weight excluding hydrogens is 184 g/mol. The average molecular weight is 202 g/mol. The predicted octanol–water partition coefficient (Wildman–Crippen LogP) is 0.622. The molecule has 1 heterocycles. The van der Waals surface area contributed by atoms with Gasteiger partial charge in [0, 0.05) is 13.0 Å². The lowest BCUT2D eigenvalue weighted by molar-refractivity contribution is -0.0793. The highest BCUT2D eigenvalue weighted by Crippen LogP contribution is 2.23. The van der Waals surface area contributed by atoms with E-state index < -0.39 is 17.5 Å². The average Bonchev–Trinajstić information content (AvgIpc) is 2.25. The Morgan fingerprint density at radius 2 is 2.14 bits per heavy atom. The molecule has 5 heteroatoms. The number of carbonyl (C=O) groups excluding carboxylic acids is 1. The van der Waals surface area contributed by atoms with E-state index >= 15 is 0 Å².